The van der Waals surface area contributed by atoms with Crippen LogP contribution in [0.25, 0.3) is 0 Å². The van der Waals surface area contributed by atoms with Crippen molar-refractivity contribution in [3.8, 4) is 0 Å². The van der Waals surface area contributed by atoms with Gasteiger partial charge in [0.2, 0.25) is 0 Å². The van der Waals surface area contributed by atoms with Gasteiger partial charge in [-0.2, -0.15) is 13.2 Å². The molecule has 0 unspecified atom stereocenters. The second-order valence-corrected chi connectivity index (χ2v) is 5.65. The fraction of sp³-hybridized carbons (Fsp3) is 0.235. The first-order chi connectivity index (χ1) is 10.7. The average Bonchev–Trinajstić information content (AvgIpc) is 2.47. The topological polar surface area (TPSA) is 41.1 Å². The van der Waals surface area contributed by atoms with Crippen LogP contribution in [0.5, 0.6) is 0 Å². The summed E-state index contributed by atoms with van der Waals surface area (Å²) in [5.41, 5.74) is -0.160. The molecule has 0 heterocycles. The number of anilines is 1. The number of amides is 2. The van der Waals surface area contributed by atoms with Crippen molar-refractivity contribution < 1.29 is 18.0 Å². The summed E-state index contributed by atoms with van der Waals surface area (Å²) in [6.45, 7) is 3.68. The molecule has 2 aromatic rings. The van der Waals surface area contributed by atoms with Crippen LogP contribution in [-0.4, -0.2) is 6.03 Å². The minimum absolute atomic E-state index is 0.291. The van der Waals surface area contributed by atoms with E-state index < -0.39 is 23.3 Å². The second kappa shape index (κ2) is 6.32. The Morgan fingerprint density at radius 2 is 1.43 bits per heavy atom. The van der Waals surface area contributed by atoms with Crippen LogP contribution >= 0.6 is 0 Å². The van der Waals surface area contributed by atoms with Gasteiger partial charge in [-0.1, -0.05) is 30.3 Å². The molecular weight excluding hydrogens is 305 g/mol. The van der Waals surface area contributed by atoms with Crippen molar-refractivity contribution in [1.82, 2.24) is 5.32 Å². The molecule has 0 radical (unpaired) electrons. The van der Waals surface area contributed by atoms with Gasteiger partial charge < -0.3 is 10.6 Å². The van der Waals surface area contributed by atoms with Gasteiger partial charge in [0.15, 0.2) is 0 Å². The van der Waals surface area contributed by atoms with E-state index in [1.807, 2.05) is 44.2 Å². The third-order valence-corrected chi connectivity index (χ3v) is 3.39. The first-order valence-electron chi connectivity index (χ1n) is 7.00. The molecular formula is C17H17F3N2O. The summed E-state index contributed by atoms with van der Waals surface area (Å²) in [6.07, 6.45) is -4.39. The number of rotatable bonds is 3. The Morgan fingerprint density at radius 1 is 0.870 bits per heavy atom. The van der Waals surface area contributed by atoms with Crippen LogP contribution in [0.2, 0.25) is 0 Å². The molecule has 0 aliphatic rings. The summed E-state index contributed by atoms with van der Waals surface area (Å²) in [5.74, 6) is 0. The Labute approximate surface area is 132 Å². The SMILES string of the molecule is CC(C)(NC(=O)Nc1ccc(C(F)(F)F)cc1)c1ccccc1. The van der Waals surface area contributed by atoms with Crippen LogP contribution in [0.15, 0.2) is 54.6 Å². The first-order valence-corrected chi connectivity index (χ1v) is 7.00. The zero-order valence-electron chi connectivity index (χ0n) is 12.7. The minimum atomic E-state index is -4.39. The Kier molecular flexibility index (Phi) is 4.63. The summed E-state index contributed by atoms with van der Waals surface area (Å²) in [6, 6.07) is 13.2. The van der Waals surface area contributed by atoms with Gasteiger partial charge >= 0.3 is 12.2 Å². The van der Waals surface area contributed by atoms with Gasteiger partial charge in [-0.05, 0) is 43.7 Å². The molecule has 3 nitrogen and oxygen atoms in total. The van der Waals surface area contributed by atoms with Crippen LogP contribution < -0.4 is 10.6 Å². The van der Waals surface area contributed by atoms with E-state index in [9.17, 15) is 18.0 Å². The monoisotopic (exact) mass is 322 g/mol. The molecule has 0 spiro atoms. The molecule has 0 aliphatic carbocycles. The maximum atomic E-state index is 12.5. The summed E-state index contributed by atoms with van der Waals surface area (Å²) >= 11 is 0. The molecule has 2 rings (SSSR count). The molecule has 0 fully saturated rings. The van der Waals surface area contributed by atoms with Gasteiger partial charge in [-0.25, -0.2) is 4.79 Å². The van der Waals surface area contributed by atoms with Crippen molar-refractivity contribution in [3.63, 3.8) is 0 Å². The van der Waals surface area contributed by atoms with Gasteiger partial charge in [0.1, 0.15) is 0 Å². The molecule has 2 N–H and O–H groups in total. The average molecular weight is 322 g/mol. The fourth-order valence-corrected chi connectivity index (χ4v) is 2.12. The molecule has 0 saturated heterocycles. The maximum absolute atomic E-state index is 12.5. The molecule has 2 aromatic carbocycles. The number of urea groups is 1. The van der Waals surface area contributed by atoms with Crippen molar-refractivity contribution in [2.75, 3.05) is 5.32 Å². The normalized spacial score (nSPS) is 11.9. The quantitative estimate of drug-likeness (QED) is 0.840. The van der Waals surface area contributed by atoms with E-state index in [2.05, 4.69) is 10.6 Å². The molecule has 0 aromatic heterocycles. The minimum Gasteiger partial charge on any atom is -0.329 e. The number of hydrogen-bond acceptors (Lipinski definition) is 1. The summed E-state index contributed by atoms with van der Waals surface area (Å²) in [5, 5.41) is 5.32. The van der Waals surface area contributed by atoms with Crippen LogP contribution in [0.1, 0.15) is 25.0 Å². The number of hydrogen-bond donors (Lipinski definition) is 2. The zero-order valence-corrected chi connectivity index (χ0v) is 12.7. The van der Waals surface area contributed by atoms with Crippen molar-refractivity contribution in [2.24, 2.45) is 0 Å². The lowest BCUT2D eigenvalue weighted by molar-refractivity contribution is -0.137. The van der Waals surface area contributed by atoms with E-state index in [1.165, 1.54) is 12.1 Å². The molecule has 0 bridgehead atoms. The van der Waals surface area contributed by atoms with Crippen molar-refractivity contribution in [2.45, 2.75) is 25.6 Å². The third kappa shape index (κ3) is 4.48. The number of halogens is 3. The summed E-state index contributed by atoms with van der Waals surface area (Å²) in [7, 11) is 0. The highest BCUT2D eigenvalue weighted by Crippen LogP contribution is 2.29. The summed E-state index contributed by atoms with van der Waals surface area (Å²) < 4.78 is 37.5. The molecule has 0 saturated carbocycles. The van der Waals surface area contributed by atoms with Gasteiger partial charge in [-0.15, -0.1) is 0 Å². The highest BCUT2D eigenvalue weighted by Gasteiger charge is 2.30. The lowest BCUT2D eigenvalue weighted by Crippen LogP contribution is -2.43. The number of carbonyl (C=O) groups excluding carboxylic acids is 1. The Bertz CT molecular complexity index is 664. The van der Waals surface area contributed by atoms with Gasteiger partial charge in [-0.3, -0.25) is 0 Å². The Balaban J connectivity index is 2.02. The number of nitrogens with one attached hydrogen (secondary N) is 2. The smallest absolute Gasteiger partial charge is 0.329 e. The third-order valence-electron chi connectivity index (χ3n) is 3.39. The molecule has 23 heavy (non-hydrogen) atoms. The molecule has 2 amide bonds. The second-order valence-electron chi connectivity index (χ2n) is 5.65. The van der Waals surface area contributed by atoms with Crippen LogP contribution in [0.3, 0.4) is 0 Å². The Morgan fingerprint density at radius 3 is 1.96 bits per heavy atom. The molecule has 122 valence electrons. The van der Waals surface area contributed by atoms with E-state index in [0.717, 1.165) is 17.7 Å². The van der Waals surface area contributed by atoms with E-state index in [4.69, 9.17) is 0 Å². The Hall–Kier alpha value is -2.50. The zero-order chi connectivity index (χ0) is 17.1. The van der Waals surface area contributed by atoms with E-state index >= 15 is 0 Å². The number of carbonyl (C=O) groups is 1. The van der Waals surface area contributed by atoms with E-state index in [-0.39, 0.29) is 0 Å². The highest BCUT2D eigenvalue weighted by molar-refractivity contribution is 5.89. The maximum Gasteiger partial charge on any atom is 0.416 e. The van der Waals surface area contributed by atoms with Crippen LogP contribution in [-0.2, 0) is 11.7 Å². The van der Waals surface area contributed by atoms with Gasteiger partial charge in [0, 0.05) is 5.69 Å². The van der Waals surface area contributed by atoms with Crippen LogP contribution in [0.4, 0.5) is 23.7 Å². The lowest BCUT2D eigenvalue weighted by atomic mass is 9.95. The predicted molar refractivity (Wildman–Crippen MR) is 83.1 cm³/mol. The molecule has 6 heteroatoms. The molecule has 0 aliphatic heterocycles. The standard InChI is InChI=1S/C17H17F3N2O/c1-16(2,12-6-4-3-5-7-12)22-15(23)21-14-10-8-13(9-11-14)17(18,19)20/h3-11H,1-2H3,(H2,21,22,23). The van der Waals surface area contributed by atoms with Crippen LogP contribution in [0, 0.1) is 0 Å². The van der Waals surface area contributed by atoms with Gasteiger partial charge in [0.05, 0.1) is 11.1 Å². The van der Waals surface area contributed by atoms with Crippen molar-refractivity contribution >= 4 is 11.7 Å². The first kappa shape index (κ1) is 16.9. The van der Waals surface area contributed by atoms with Crippen molar-refractivity contribution in [1.29, 1.82) is 0 Å². The van der Waals surface area contributed by atoms with Gasteiger partial charge in [0.25, 0.3) is 0 Å². The lowest BCUT2D eigenvalue weighted by Gasteiger charge is -2.27. The predicted octanol–water partition coefficient (Wildman–Crippen LogP) is 4.76. The summed E-state index contributed by atoms with van der Waals surface area (Å²) in [4.78, 5) is 12.0. The van der Waals surface area contributed by atoms with E-state index in [1.54, 1.807) is 0 Å². The fourth-order valence-electron chi connectivity index (χ4n) is 2.12. The van der Waals surface area contributed by atoms with E-state index in [0.29, 0.717) is 5.69 Å². The number of benzene rings is 2. The largest absolute Gasteiger partial charge is 0.416 e. The highest BCUT2D eigenvalue weighted by atomic mass is 19.4. The number of alkyl halides is 3. The molecule has 0 atom stereocenters. The van der Waals surface area contributed by atoms with Crippen molar-refractivity contribution in [3.05, 3.63) is 65.7 Å².